The normalized spacial score (nSPS) is 8.29. The van der Waals surface area contributed by atoms with Crippen molar-refractivity contribution in [1.29, 1.82) is 5.41 Å². The van der Waals surface area contributed by atoms with Crippen molar-refractivity contribution < 1.29 is 15.3 Å². The predicted molar refractivity (Wildman–Crippen MR) is 20.5 cm³/mol. The average molecular weight is 104 g/mol. The van der Waals surface area contributed by atoms with E-state index in [2.05, 4.69) is 4.89 Å². The largest absolute Gasteiger partial charge is 0.663 e. The Morgan fingerprint density at radius 2 is 2.43 bits per heavy atom. The van der Waals surface area contributed by atoms with Crippen molar-refractivity contribution in [1.82, 2.24) is 0 Å². The summed E-state index contributed by atoms with van der Waals surface area (Å²) < 4.78 is 0. The van der Waals surface area contributed by atoms with Crippen LogP contribution in [0.15, 0.2) is 0 Å². The summed E-state index contributed by atoms with van der Waals surface area (Å²) in [5.41, 5.74) is 0. The van der Waals surface area contributed by atoms with Crippen LogP contribution in [-0.2, 0) is 4.89 Å². The lowest BCUT2D eigenvalue weighted by Crippen LogP contribution is -2.13. The van der Waals surface area contributed by atoms with E-state index in [1.54, 1.807) is 0 Å². The molecule has 0 aromatic rings. The first kappa shape index (κ1) is 6.39. The molecule has 0 saturated heterocycles. The summed E-state index contributed by atoms with van der Waals surface area (Å²) in [6.07, 6.45) is 0.00347. The molecule has 42 valence electrons. The van der Waals surface area contributed by atoms with E-state index in [-0.39, 0.29) is 13.0 Å². The quantitative estimate of drug-likeness (QED) is 0.196. The van der Waals surface area contributed by atoms with Crippen molar-refractivity contribution in [3.8, 4) is 0 Å². The molecule has 0 fully saturated rings. The van der Waals surface area contributed by atoms with Gasteiger partial charge in [-0.1, -0.05) is 0 Å². The SMILES string of the molecule is N=C(CCO)O[O-]. The van der Waals surface area contributed by atoms with Crippen LogP contribution in [0.5, 0.6) is 0 Å². The topological polar surface area (TPSA) is 76.4 Å². The summed E-state index contributed by atoms with van der Waals surface area (Å²) >= 11 is 0. The Hall–Kier alpha value is -0.610. The number of hydrogen-bond donors (Lipinski definition) is 2. The molecule has 0 saturated carbocycles. The summed E-state index contributed by atoms with van der Waals surface area (Å²) in [4.78, 5) is 3.16. The maximum Gasteiger partial charge on any atom is 0.176 e. The average Bonchev–Trinajstić information content (AvgIpc) is 1.68. The van der Waals surface area contributed by atoms with Gasteiger partial charge >= 0.3 is 0 Å². The van der Waals surface area contributed by atoms with Crippen LogP contribution >= 0.6 is 0 Å². The van der Waals surface area contributed by atoms with Crippen LogP contribution in [0.4, 0.5) is 0 Å². The summed E-state index contributed by atoms with van der Waals surface area (Å²) in [6.45, 7) is -0.207. The first-order valence-electron chi connectivity index (χ1n) is 1.79. The second kappa shape index (κ2) is 3.58. The van der Waals surface area contributed by atoms with Crippen LogP contribution in [0.2, 0.25) is 0 Å². The summed E-state index contributed by atoms with van der Waals surface area (Å²) in [7, 11) is 0. The highest BCUT2D eigenvalue weighted by Crippen LogP contribution is 1.76. The molecule has 0 unspecified atom stereocenters. The van der Waals surface area contributed by atoms with Gasteiger partial charge in [0.2, 0.25) is 0 Å². The monoisotopic (exact) mass is 104 g/mol. The molecule has 0 aliphatic rings. The van der Waals surface area contributed by atoms with Gasteiger partial charge in [0, 0.05) is 6.42 Å². The van der Waals surface area contributed by atoms with Crippen molar-refractivity contribution in [2.24, 2.45) is 0 Å². The van der Waals surface area contributed by atoms with Crippen LogP contribution in [0.25, 0.3) is 0 Å². The van der Waals surface area contributed by atoms with Gasteiger partial charge in [0.1, 0.15) is 0 Å². The second-order valence-corrected chi connectivity index (χ2v) is 0.980. The molecule has 0 spiro atoms. The van der Waals surface area contributed by atoms with E-state index >= 15 is 0 Å². The van der Waals surface area contributed by atoms with E-state index < -0.39 is 5.90 Å². The van der Waals surface area contributed by atoms with E-state index in [9.17, 15) is 5.26 Å². The molecular formula is C3H6NO3-. The maximum atomic E-state index is 9.18. The fraction of sp³-hybridized carbons (Fsp3) is 0.667. The van der Waals surface area contributed by atoms with Crippen molar-refractivity contribution in [3.05, 3.63) is 0 Å². The lowest BCUT2D eigenvalue weighted by atomic mass is 10.5. The Morgan fingerprint density at radius 1 is 1.86 bits per heavy atom. The van der Waals surface area contributed by atoms with Crippen LogP contribution in [0.1, 0.15) is 6.42 Å². The van der Waals surface area contributed by atoms with E-state index in [0.717, 1.165) is 0 Å². The molecule has 0 amide bonds. The third kappa shape index (κ3) is 3.21. The summed E-state index contributed by atoms with van der Waals surface area (Å²) in [5, 5.41) is 23.6. The highest BCUT2D eigenvalue weighted by atomic mass is 17.1. The lowest BCUT2D eigenvalue weighted by Gasteiger charge is -2.05. The minimum atomic E-state index is -0.428. The van der Waals surface area contributed by atoms with Crippen LogP contribution in [0, 0.1) is 5.41 Å². The number of aliphatic hydroxyl groups is 1. The number of aliphatic hydroxyl groups excluding tert-OH is 1. The van der Waals surface area contributed by atoms with E-state index in [1.807, 2.05) is 0 Å². The molecule has 4 nitrogen and oxygen atoms in total. The predicted octanol–water partition coefficient (Wildman–Crippen LogP) is -1.36. The van der Waals surface area contributed by atoms with Gasteiger partial charge in [-0.3, -0.25) is 5.41 Å². The molecule has 0 rings (SSSR count). The number of hydrogen-bond acceptors (Lipinski definition) is 4. The first-order valence-corrected chi connectivity index (χ1v) is 1.79. The molecular weight excluding hydrogens is 98.0 g/mol. The smallest absolute Gasteiger partial charge is 0.176 e. The van der Waals surface area contributed by atoms with Gasteiger partial charge in [-0.05, 0) is 0 Å². The molecule has 0 radical (unpaired) electrons. The zero-order valence-electron chi connectivity index (χ0n) is 3.68. The number of nitrogens with one attached hydrogen (secondary N) is 1. The molecule has 2 N–H and O–H groups in total. The Kier molecular flexibility index (Phi) is 3.26. The zero-order valence-corrected chi connectivity index (χ0v) is 3.68. The third-order valence-electron chi connectivity index (χ3n) is 0.439. The highest BCUT2D eigenvalue weighted by Gasteiger charge is 1.85. The van der Waals surface area contributed by atoms with Gasteiger partial charge < -0.3 is 15.3 Å². The standard InChI is InChI=1S/C3H7NO3/c4-3(7-6)1-2-5/h4-6H,1-2H2/p-1. The van der Waals surface area contributed by atoms with Crippen LogP contribution in [0.3, 0.4) is 0 Å². The Morgan fingerprint density at radius 3 is 2.57 bits per heavy atom. The van der Waals surface area contributed by atoms with Crippen molar-refractivity contribution in [2.45, 2.75) is 6.42 Å². The third-order valence-corrected chi connectivity index (χ3v) is 0.439. The minimum Gasteiger partial charge on any atom is -0.663 e. The summed E-state index contributed by atoms with van der Waals surface area (Å²) in [6, 6.07) is 0. The van der Waals surface area contributed by atoms with E-state index in [4.69, 9.17) is 10.5 Å². The maximum absolute atomic E-state index is 9.18. The molecule has 0 aliphatic carbocycles. The minimum absolute atomic E-state index is 0.00347. The van der Waals surface area contributed by atoms with Crippen molar-refractivity contribution in [2.75, 3.05) is 6.61 Å². The van der Waals surface area contributed by atoms with Gasteiger partial charge in [-0.2, -0.15) is 0 Å². The van der Waals surface area contributed by atoms with Gasteiger partial charge in [0.25, 0.3) is 0 Å². The van der Waals surface area contributed by atoms with Gasteiger partial charge in [-0.15, -0.1) is 0 Å². The van der Waals surface area contributed by atoms with Gasteiger partial charge in [0.05, 0.1) is 6.61 Å². The highest BCUT2D eigenvalue weighted by molar-refractivity contribution is 5.71. The first-order chi connectivity index (χ1) is 3.31. The zero-order chi connectivity index (χ0) is 5.70. The van der Waals surface area contributed by atoms with Crippen molar-refractivity contribution in [3.63, 3.8) is 0 Å². The van der Waals surface area contributed by atoms with Crippen LogP contribution in [-0.4, -0.2) is 17.6 Å². The lowest BCUT2D eigenvalue weighted by molar-refractivity contribution is -0.650. The molecule has 0 heterocycles. The molecule has 0 atom stereocenters. The molecule has 0 aromatic carbocycles. The molecule has 0 aliphatic heterocycles. The summed E-state index contributed by atoms with van der Waals surface area (Å²) in [5.74, 6) is -0.428. The van der Waals surface area contributed by atoms with Gasteiger partial charge in [0.15, 0.2) is 5.90 Å². The molecule has 0 bridgehead atoms. The number of rotatable bonds is 2. The Balaban J connectivity index is 3.00. The van der Waals surface area contributed by atoms with Crippen LogP contribution < -0.4 is 5.26 Å². The Labute approximate surface area is 40.8 Å². The fourth-order valence-electron chi connectivity index (χ4n) is 0.143. The van der Waals surface area contributed by atoms with E-state index in [0.29, 0.717) is 0 Å². The van der Waals surface area contributed by atoms with Gasteiger partial charge in [-0.25, -0.2) is 0 Å². The molecule has 7 heavy (non-hydrogen) atoms. The van der Waals surface area contributed by atoms with E-state index in [1.165, 1.54) is 0 Å². The Bertz CT molecular complexity index is 63.2. The second-order valence-electron chi connectivity index (χ2n) is 0.980. The molecule has 4 heteroatoms. The van der Waals surface area contributed by atoms with Crippen molar-refractivity contribution >= 4 is 5.90 Å². The fourth-order valence-corrected chi connectivity index (χ4v) is 0.143. The molecule has 0 aromatic heterocycles.